The van der Waals surface area contributed by atoms with Gasteiger partial charge in [-0.25, -0.2) is 0 Å². The van der Waals surface area contributed by atoms with Crippen LogP contribution in [0.4, 0.5) is 17.1 Å². The average Bonchev–Trinajstić information content (AvgIpc) is 3.32. The lowest BCUT2D eigenvalue weighted by Gasteiger charge is -2.27. The molecular formula is C44H35N. The molecule has 0 bridgehead atoms. The highest BCUT2D eigenvalue weighted by atomic mass is 15.1. The smallest absolute Gasteiger partial charge is 0.0470 e. The van der Waals surface area contributed by atoms with Gasteiger partial charge in [-0.1, -0.05) is 129 Å². The van der Waals surface area contributed by atoms with Crippen molar-refractivity contribution in [3.05, 3.63) is 174 Å². The van der Waals surface area contributed by atoms with Crippen molar-refractivity contribution in [1.82, 2.24) is 0 Å². The number of fused-ring (bicyclic) bond motifs is 5. The molecule has 0 heterocycles. The van der Waals surface area contributed by atoms with Gasteiger partial charge in [-0.05, 0) is 110 Å². The molecule has 7 aromatic carbocycles. The SMILES string of the molecule is Cc1cc(-c2cc3c(c4ccccc24)-c2ccccc2C3(C)C)cc(N(c2ccccc2)c2ccc(-c3ccccc3)cc2)c1. The molecule has 1 aliphatic carbocycles. The van der Waals surface area contributed by atoms with E-state index in [9.17, 15) is 0 Å². The van der Waals surface area contributed by atoms with E-state index < -0.39 is 0 Å². The van der Waals surface area contributed by atoms with Crippen molar-refractivity contribution in [1.29, 1.82) is 0 Å². The summed E-state index contributed by atoms with van der Waals surface area (Å²) in [7, 11) is 0. The summed E-state index contributed by atoms with van der Waals surface area (Å²) >= 11 is 0. The molecule has 7 aromatic rings. The van der Waals surface area contributed by atoms with Gasteiger partial charge < -0.3 is 4.90 Å². The fourth-order valence-electron chi connectivity index (χ4n) is 7.29. The summed E-state index contributed by atoms with van der Waals surface area (Å²) in [4.78, 5) is 2.38. The van der Waals surface area contributed by atoms with Gasteiger partial charge in [0.15, 0.2) is 0 Å². The zero-order chi connectivity index (χ0) is 30.5. The summed E-state index contributed by atoms with van der Waals surface area (Å²) in [6.45, 7) is 6.95. The Hall–Kier alpha value is -5.40. The highest BCUT2D eigenvalue weighted by Gasteiger charge is 2.37. The maximum absolute atomic E-state index is 2.47. The maximum Gasteiger partial charge on any atom is 0.0470 e. The minimum absolute atomic E-state index is 0.0755. The molecule has 1 heteroatoms. The topological polar surface area (TPSA) is 3.24 Å². The molecule has 0 fully saturated rings. The molecule has 0 atom stereocenters. The highest BCUT2D eigenvalue weighted by molar-refractivity contribution is 6.09. The van der Waals surface area contributed by atoms with Crippen molar-refractivity contribution in [2.24, 2.45) is 0 Å². The van der Waals surface area contributed by atoms with E-state index in [-0.39, 0.29) is 5.41 Å². The van der Waals surface area contributed by atoms with Gasteiger partial charge in [0.25, 0.3) is 0 Å². The number of hydrogen-bond donors (Lipinski definition) is 0. The summed E-state index contributed by atoms with van der Waals surface area (Å²) in [6.07, 6.45) is 0. The van der Waals surface area contributed by atoms with Crippen LogP contribution in [-0.4, -0.2) is 0 Å². The average molecular weight is 578 g/mol. The van der Waals surface area contributed by atoms with E-state index in [1.165, 1.54) is 60.8 Å². The van der Waals surface area contributed by atoms with Gasteiger partial charge in [0.2, 0.25) is 0 Å². The van der Waals surface area contributed by atoms with Gasteiger partial charge >= 0.3 is 0 Å². The van der Waals surface area contributed by atoms with Crippen LogP contribution >= 0.6 is 0 Å². The van der Waals surface area contributed by atoms with Crippen LogP contribution in [0.2, 0.25) is 0 Å². The first-order chi connectivity index (χ1) is 22.0. The number of anilines is 3. The quantitative estimate of drug-likeness (QED) is 0.197. The second-order valence-electron chi connectivity index (χ2n) is 12.7. The monoisotopic (exact) mass is 577 g/mol. The molecule has 216 valence electrons. The van der Waals surface area contributed by atoms with Crippen molar-refractivity contribution < 1.29 is 0 Å². The van der Waals surface area contributed by atoms with E-state index in [0.29, 0.717) is 0 Å². The molecule has 8 rings (SSSR count). The van der Waals surface area contributed by atoms with E-state index in [0.717, 1.165) is 17.1 Å². The van der Waals surface area contributed by atoms with Crippen LogP contribution in [0.1, 0.15) is 30.5 Å². The Morgan fingerprint density at radius 1 is 0.422 bits per heavy atom. The Bertz CT molecular complexity index is 2170. The zero-order valence-electron chi connectivity index (χ0n) is 26.0. The molecule has 0 unspecified atom stereocenters. The first kappa shape index (κ1) is 27.2. The molecule has 0 aliphatic heterocycles. The van der Waals surface area contributed by atoms with Crippen LogP contribution in [0.15, 0.2) is 158 Å². The number of rotatable bonds is 5. The van der Waals surface area contributed by atoms with Crippen molar-refractivity contribution in [2.75, 3.05) is 4.90 Å². The second-order valence-corrected chi connectivity index (χ2v) is 12.7. The third-order valence-electron chi connectivity index (χ3n) is 9.47. The van der Waals surface area contributed by atoms with Crippen LogP contribution in [0, 0.1) is 6.92 Å². The standard InChI is InChI=1S/C44H35N/c1-30-26-33(40-29-42-43(38-19-11-10-18-37(38)40)39-20-12-13-21-41(39)44(42,2)3)28-36(27-30)45(34-16-8-5-9-17-34)35-24-22-32(23-25-35)31-14-6-4-7-15-31/h4-29H,1-3H3. The van der Waals surface area contributed by atoms with Crippen LogP contribution < -0.4 is 4.90 Å². The number of para-hydroxylation sites is 1. The molecule has 1 nitrogen and oxygen atoms in total. The molecule has 0 saturated carbocycles. The predicted octanol–water partition coefficient (Wildman–Crippen LogP) is 12.3. The molecular weight excluding hydrogens is 542 g/mol. The lowest BCUT2D eigenvalue weighted by Crippen LogP contribution is -2.15. The number of nitrogens with zero attached hydrogens (tertiary/aromatic N) is 1. The van der Waals surface area contributed by atoms with Gasteiger partial charge in [-0.2, -0.15) is 0 Å². The van der Waals surface area contributed by atoms with Gasteiger partial charge in [0, 0.05) is 22.5 Å². The van der Waals surface area contributed by atoms with E-state index in [1.807, 2.05) is 0 Å². The van der Waals surface area contributed by atoms with Crippen molar-refractivity contribution in [3.63, 3.8) is 0 Å². The summed E-state index contributed by atoms with van der Waals surface area (Å²) < 4.78 is 0. The third-order valence-corrected chi connectivity index (χ3v) is 9.47. The Kier molecular flexibility index (Phi) is 6.43. The van der Waals surface area contributed by atoms with E-state index in [1.54, 1.807) is 0 Å². The van der Waals surface area contributed by atoms with Gasteiger partial charge in [-0.3, -0.25) is 0 Å². The predicted molar refractivity (Wildman–Crippen MR) is 192 cm³/mol. The molecule has 0 saturated heterocycles. The minimum Gasteiger partial charge on any atom is -0.310 e. The summed E-state index contributed by atoms with van der Waals surface area (Å²) in [5.41, 5.74) is 15.1. The largest absolute Gasteiger partial charge is 0.310 e. The zero-order valence-corrected chi connectivity index (χ0v) is 26.0. The van der Waals surface area contributed by atoms with E-state index in [4.69, 9.17) is 0 Å². The van der Waals surface area contributed by atoms with Gasteiger partial charge in [0.05, 0.1) is 0 Å². The van der Waals surface area contributed by atoms with Crippen LogP contribution in [0.3, 0.4) is 0 Å². The molecule has 0 radical (unpaired) electrons. The number of hydrogen-bond acceptors (Lipinski definition) is 1. The van der Waals surface area contributed by atoms with Crippen LogP contribution in [0.25, 0.3) is 44.2 Å². The normalized spacial score (nSPS) is 13.0. The lowest BCUT2D eigenvalue weighted by atomic mass is 9.80. The first-order valence-electron chi connectivity index (χ1n) is 15.8. The number of aryl methyl sites for hydroxylation is 1. The van der Waals surface area contributed by atoms with E-state index >= 15 is 0 Å². The fraction of sp³-hybridized carbons (Fsp3) is 0.0909. The highest BCUT2D eigenvalue weighted by Crippen LogP contribution is 2.53. The third kappa shape index (κ3) is 4.55. The summed E-state index contributed by atoms with van der Waals surface area (Å²) in [6, 6.07) is 57.6. The lowest BCUT2D eigenvalue weighted by molar-refractivity contribution is 0.661. The molecule has 0 aromatic heterocycles. The Labute approximate surface area is 266 Å². The maximum atomic E-state index is 2.47. The van der Waals surface area contributed by atoms with Gasteiger partial charge in [-0.15, -0.1) is 0 Å². The summed E-state index contributed by atoms with van der Waals surface area (Å²) in [5, 5.41) is 2.61. The number of benzene rings is 7. The first-order valence-corrected chi connectivity index (χ1v) is 15.8. The minimum atomic E-state index is -0.0755. The molecule has 0 spiro atoms. The fourth-order valence-corrected chi connectivity index (χ4v) is 7.29. The van der Waals surface area contributed by atoms with Crippen LogP contribution in [-0.2, 0) is 5.41 Å². The second kappa shape index (κ2) is 10.6. The molecule has 1 aliphatic rings. The molecule has 45 heavy (non-hydrogen) atoms. The molecule has 0 N–H and O–H groups in total. The van der Waals surface area contributed by atoms with Crippen molar-refractivity contribution >= 4 is 27.8 Å². The van der Waals surface area contributed by atoms with Gasteiger partial charge in [0.1, 0.15) is 0 Å². The van der Waals surface area contributed by atoms with Crippen molar-refractivity contribution in [3.8, 4) is 33.4 Å². The van der Waals surface area contributed by atoms with E-state index in [2.05, 4.69) is 183 Å². The summed E-state index contributed by atoms with van der Waals surface area (Å²) in [5.74, 6) is 0. The Morgan fingerprint density at radius 3 is 1.78 bits per heavy atom. The Morgan fingerprint density at radius 2 is 1.02 bits per heavy atom. The van der Waals surface area contributed by atoms with Crippen LogP contribution in [0.5, 0.6) is 0 Å². The molecule has 0 amide bonds. The van der Waals surface area contributed by atoms with Crippen molar-refractivity contribution in [2.45, 2.75) is 26.2 Å². The Balaban J connectivity index is 1.31.